The summed E-state index contributed by atoms with van der Waals surface area (Å²) in [7, 11) is 0. The molecule has 0 aromatic heterocycles. The van der Waals surface area contributed by atoms with E-state index in [0.29, 0.717) is 5.56 Å². The summed E-state index contributed by atoms with van der Waals surface area (Å²) < 4.78 is 44.4. The van der Waals surface area contributed by atoms with Crippen molar-refractivity contribution in [1.29, 1.82) is 0 Å². The number of amides is 1. The van der Waals surface area contributed by atoms with Gasteiger partial charge in [0.2, 0.25) is 5.91 Å². The van der Waals surface area contributed by atoms with Gasteiger partial charge < -0.3 is 4.74 Å². The smallest absolute Gasteiger partial charge is 0.416 e. The van der Waals surface area contributed by atoms with E-state index in [2.05, 4.69) is 0 Å². The van der Waals surface area contributed by atoms with E-state index in [1.165, 1.54) is 12.1 Å². The Morgan fingerprint density at radius 1 is 1.07 bits per heavy atom. The molecule has 0 N–H and O–H groups in total. The Bertz CT molecular complexity index is 1070. The van der Waals surface area contributed by atoms with Crippen LogP contribution in [0, 0.1) is 0 Å². The molecule has 0 bridgehead atoms. The number of carbonyl (C=O) groups is 2. The van der Waals surface area contributed by atoms with Crippen LogP contribution in [0.2, 0.25) is 10.0 Å². The summed E-state index contributed by atoms with van der Waals surface area (Å²) in [4.78, 5) is 26.5. The quantitative estimate of drug-likeness (QED) is 0.590. The highest BCUT2D eigenvalue weighted by molar-refractivity contribution is 6.42. The minimum absolute atomic E-state index is 0.0197. The average molecular weight is 442 g/mol. The van der Waals surface area contributed by atoms with Gasteiger partial charge in [-0.2, -0.15) is 13.2 Å². The Kier molecular flexibility index (Phi) is 4.83. The van der Waals surface area contributed by atoms with Crippen LogP contribution < -0.4 is 4.90 Å². The highest BCUT2D eigenvalue weighted by Crippen LogP contribution is 2.45. The number of esters is 1. The number of benzene rings is 2. The number of hydrogen-bond acceptors (Lipinski definition) is 3. The molecular formula is C20H12Cl2F3NO3. The molecule has 29 heavy (non-hydrogen) atoms. The van der Waals surface area contributed by atoms with Gasteiger partial charge in [0.05, 0.1) is 26.9 Å². The van der Waals surface area contributed by atoms with Crippen molar-refractivity contribution in [2.75, 3.05) is 11.5 Å². The van der Waals surface area contributed by atoms with Crippen LogP contribution in [-0.4, -0.2) is 18.5 Å². The molecule has 2 heterocycles. The monoisotopic (exact) mass is 441 g/mol. The second kappa shape index (κ2) is 7.07. The third kappa shape index (κ3) is 3.38. The van der Waals surface area contributed by atoms with Gasteiger partial charge in [-0.15, -0.1) is 0 Å². The van der Waals surface area contributed by atoms with E-state index >= 15 is 0 Å². The lowest BCUT2D eigenvalue weighted by molar-refractivity contribution is -0.138. The predicted molar refractivity (Wildman–Crippen MR) is 101 cm³/mol. The van der Waals surface area contributed by atoms with Crippen LogP contribution in [0.15, 0.2) is 53.7 Å². The SMILES string of the molecule is O=C1OCC2=C1C(c1cccc(Cl)c1Cl)CC(=O)N2c1cccc(C(F)(F)F)c1. The van der Waals surface area contributed by atoms with Crippen LogP contribution in [0.5, 0.6) is 0 Å². The van der Waals surface area contributed by atoms with E-state index in [4.69, 9.17) is 27.9 Å². The summed E-state index contributed by atoms with van der Waals surface area (Å²) in [5, 5.41) is 0.483. The van der Waals surface area contributed by atoms with E-state index in [0.717, 1.165) is 17.0 Å². The summed E-state index contributed by atoms with van der Waals surface area (Å²) >= 11 is 12.3. The average Bonchev–Trinajstić information content (AvgIpc) is 3.04. The molecule has 4 nitrogen and oxygen atoms in total. The summed E-state index contributed by atoms with van der Waals surface area (Å²) in [6.07, 6.45) is -4.73. The molecular weight excluding hydrogens is 430 g/mol. The first-order valence-electron chi connectivity index (χ1n) is 8.52. The number of anilines is 1. The zero-order valence-electron chi connectivity index (χ0n) is 14.6. The second-order valence-corrected chi connectivity index (χ2v) is 7.40. The van der Waals surface area contributed by atoms with Crippen molar-refractivity contribution in [1.82, 2.24) is 0 Å². The van der Waals surface area contributed by atoms with Gasteiger partial charge in [0.25, 0.3) is 0 Å². The molecule has 2 aromatic carbocycles. The van der Waals surface area contributed by atoms with Crippen molar-refractivity contribution in [3.63, 3.8) is 0 Å². The number of hydrogen-bond donors (Lipinski definition) is 0. The number of alkyl halides is 3. The van der Waals surface area contributed by atoms with Gasteiger partial charge in [0, 0.05) is 18.0 Å². The normalized spacial score (nSPS) is 19.5. The Labute approximate surface area is 173 Å². The zero-order valence-corrected chi connectivity index (χ0v) is 16.1. The first-order chi connectivity index (χ1) is 13.7. The van der Waals surface area contributed by atoms with Gasteiger partial charge in [-0.3, -0.25) is 9.69 Å². The van der Waals surface area contributed by atoms with E-state index in [9.17, 15) is 22.8 Å². The molecule has 1 amide bonds. The molecule has 2 aliphatic heterocycles. The molecule has 1 unspecified atom stereocenters. The maximum Gasteiger partial charge on any atom is 0.416 e. The highest BCUT2D eigenvalue weighted by Gasteiger charge is 2.44. The first kappa shape index (κ1) is 19.8. The number of cyclic esters (lactones) is 1. The van der Waals surface area contributed by atoms with Gasteiger partial charge in [-0.25, -0.2) is 4.79 Å². The molecule has 0 radical (unpaired) electrons. The Morgan fingerprint density at radius 2 is 1.79 bits per heavy atom. The van der Waals surface area contributed by atoms with Gasteiger partial charge in [-0.1, -0.05) is 41.4 Å². The number of nitrogens with zero attached hydrogens (tertiary/aromatic N) is 1. The third-order valence-corrected chi connectivity index (χ3v) is 5.74. The van der Waals surface area contributed by atoms with Crippen molar-refractivity contribution >= 4 is 40.8 Å². The van der Waals surface area contributed by atoms with Gasteiger partial charge >= 0.3 is 12.1 Å². The predicted octanol–water partition coefficient (Wildman–Crippen LogP) is 5.34. The molecule has 0 fully saturated rings. The summed E-state index contributed by atoms with van der Waals surface area (Å²) in [6.45, 7) is -0.217. The standard InChI is InChI=1S/C20H12Cl2F3NO3/c21-14-6-2-5-12(18(14)22)13-8-16(27)26(15-9-29-19(28)17(13)15)11-4-1-3-10(7-11)20(23,24)25/h1-7,13H,8-9H2. The van der Waals surface area contributed by atoms with Crippen LogP contribution in [-0.2, 0) is 20.5 Å². The third-order valence-electron chi connectivity index (χ3n) is 4.91. The fraction of sp³-hybridized carbons (Fsp3) is 0.200. The van der Waals surface area contributed by atoms with Crippen molar-refractivity contribution in [2.24, 2.45) is 0 Å². The first-order valence-corrected chi connectivity index (χ1v) is 9.28. The fourth-order valence-electron chi connectivity index (χ4n) is 3.63. The van der Waals surface area contributed by atoms with Crippen LogP contribution in [0.4, 0.5) is 18.9 Å². The molecule has 150 valence electrons. The second-order valence-electron chi connectivity index (χ2n) is 6.61. The molecule has 4 rings (SSSR count). The van der Waals surface area contributed by atoms with Gasteiger partial charge in [0.1, 0.15) is 6.61 Å². The van der Waals surface area contributed by atoms with Crippen molar-refractivity contribution in [3.05, 3.63) is 74.9 Å². The summed E-state index contributed by atoms with van der Waals surface area (Å²) in [6, 6.07) is 9.26. The molecule has 0 aliphatic carbocycles. The van der Waals surface area contributed by atoms with E-state index < -0.39 is 29.5 Å². The number of carbonyl (C=O) groups excluding carboxylic acids is 2. The summed E-state index contributed by atoms with van der Waals surface area (Å²) in [5.41, 5.74) is 0.0295. The Morgan fingerprint density at radius 3 is 2.52 bits per heavy atom. The molecule has 1 atom stereocenters. The number of ether oxygens (including phenoxy) is 1. The molecule has 2 aliphatic rings. The largest absolute Gasteiger partial charge is 0.456 e. The molecule has 9 heteroatoms. The molecule has 0 spiro atoms. The maximum atomic E-state index is 13.1. The van der Waals surface area contributed by atoms with E-state index in [1.807, 2.05) is 0 Å². The Hall–Kier alpha value is -2.51. The van der Waals surface area contributed by atoms with Crippen LogP contribution >= 0.6 is 23.2 Å². The number of halogens is 5. The van der Waals surface area contributed by atoms with E-state index in [-0.39, 0.29) is 40.0 Å². The molecule has 0 saturated carbocycles. The molecule has 2 aromatic rings. The molecule has 0 saturated heterocycles. The van der Waals surface area contributed by atoms with Gasteiger partial charge in [0.15, 0.2) is 0 Å². The van der Waals surface area contributed by atoms with Crippen LogP contribution in [0.25, 0.3) is 0 Å². The van der Waals surface area contributed by atoms with Crippen LogP contribution in [0.1, 0.15) is 23.5 Å². The minimum Gasteiger partial charge on any atom is -0.456 e. The lowest BCUT2D eigenvalue weighted by atomic mass is 9.84. The maximum absolute atomic E-state index is 13.1. The van der Waals surface area contributed by atoms with Crippen LogP contribution in [0.3, 0.4) is 0 Å². The topological polar surface area (TPSA) is 46.6 Å². The zero-order chi connectivity index (χ0) is 20.9. The Balaban J connectivity index is 1.85. The van der Waals surface area contributed by atoms with Crippen molar-refractivity contribution < 1.29 is 27.5 Å². The number of rotatable bonds is 2. The fourth-order valence-corrected chi connectivity index (χ4v) is 4.07. The highest BCUT2D eigenvalue weighted by atomic mass is 35.5. The van der Waals surface area contributed by atoms with Gasteiger partial charge in [-0.05, 0) is 29.8 Å². The lowest BCUT2D eigenvalue weighted by Crippen LogP contribution is -2.37. The lowest BCUT2D eigenvalue weighted by Gasteiger charge is -2.32. The summed E-state index contributed by atoms with van der Waals surface area (Å²) in [5.74, 6) is -1.80. The van der Waals surface area contributed by atoms with E-state index in [1.54, 1.807) is 18.2 Å². The van der Waals surface area contributed by atoms with Crippen molar-refractivity contribution in [2.45, 2.75) is 18.5 Å². The van der Waals surface area contributed by atoms with Crippen molar-refractivity contribution in [3.8, 4) is 0 Å². The minimum atomic E-state index is -4.56.